The molecule has 0 bridgehead atoms. The Morgan fingerprint density at radius 3 is 2.52 bits per heavy atom. The predicted molar refractivity (Wildman–Crippen MR) is 91.7 cm³/mol. The number of hydrogen-bond donors (Lipinski definition) is 0. The molecular weight excluding hydrogens is 395 g/mol. The summed E-state index contributed by atoms with van der Waals surface area (Å²) in [5, 5.41) is 14.8. The maximum atomic E-state index is 12.6. The second-order valence-electron chi connectivity index (χ2n) is 5.89. The summed E-state index contributed by atoms with van der Waals surface area (Å²) < 4.78 is 47.7. The molecule has 0 atom stereocenters. The van der Waals surface area contributed by atoms with E-state index in [9.17, 15) is 28.1 Å². The normalized spacial score (nSPS) is 11.3. The van der Waals surface area contributed by atoms with Gasteiger partial charge >= 0.3 is 12.1 Å². The number of benzene rings is 2. The van der Waals surface area contributed by atoms with E-state index in [-0.39, 0.29) is 28.5 Å². The molecule has 8 nitrogen and oxygen atoms in total. The zero-order valence-electron chi connectivity index (χ0n) is 14.8. The molecule has 0 aliphatic carbocycles. The number of nitro groups is 1. The number of carbonyl (C=O) groups excluding carboxylic acids is 1. The van der Waals surface area contributed by atoms with Gasteiger partial charge in [-0.05, 0) is 25.1 Å². The highest BCUT2D eigenvalue weighted by molar-refractivity contribution is 5.94. The first kappa shape index (κ1) is 20.0. The molecule has 0 aliphatic rings. The van der Waals surface area contributed by atoms with E-state index in [1.807, 2.05) is 0 Å². The van der Waals surface area contributed by atoms with Crippen molar-refractivity contribution in [2.24, 2.45) is 0 Å². The van der Waals surface area contributed by atoms with Crippen LogP contribution in [0.5, 0.6) is 0 Å². The van der Waals surface area contributed by atoms with Gasteiger partial charge in [0.1, 0.15) is 5.56 Å². The van der Waals surface area contributed by atoms with E-state index in [0.29, 0.717) is 5.56 Å². The van der Waals surface area contributed by atoms with Crippen LogP contribution in [-0.2, 0) is 17.5 Å². The number of hydrogen-bond acceptors (Lipinski definition) is 7. The molecule has 0 saturated carbocycles. The van der Waals surface area contributed by atoms with Gasteiger partial charge in [0, 0.05) is 11.1 Å². The topological polar surface area (TPSA) is 108 Å². The third-order valence-electron chi connectivity index (χ3n) is 3.91. The van der Waals surface area contributed by atoms with E-state index in [1.165, 1.54) is 37.3 Å². The number of para-hydroxylation sites is 1. The Bertz CT molecular complexity index is 1060. The Labute approximate surface area is 161 Å². The Balaban J connectivity index is 1.71. The zero-order chi connectivity index (χ0) is 21.2. The Morgan fingerprint density at radius 1 is 1.21 bits per heavy atom. The van der Waals surface area contributed by atoms with Gasteiger partial charge in [0.05, 0.1) is 10.5 Å². The summed E-state index contributed by atoms with van der Waals surface area (Å²) in [5.41, 5.74) is -0.843. The molecule has 2 aromatic carbocycles. The zero-order valence-corrected chi connectivity index (χ0v) is 14.8. The largest absolute Gasteiger partial charge is 0.452 e. The summed E-state index contributed by atoms with van der Waals surface area (Å²) >= 11 is 0. The predicted octanol–water partition coefficient (Wildman–Crippen LogP) is 4.33. The number of ether oxygens (including phenoxy) is 1. The smallest absolute Gasteiger partial charge is 0.416 e. The Hall–Kier alpha value is -3.76. The molecule has 0 unspecified atom stereocenters. The Morgan fingerprint density at radius 2 is 1.90 bits per heavy atom. The first-order valence-electron chi connectivity index (χ1n) is 8.08. The summed E-state index contributed by atoms with van der Waals surface area (Å²) in [4.78, 5) is 26.6. The van der Waals surface area contributed by atoms with Crippen molar-refractivity contribution in [2.75, 3.05) is 0 Å². The molecule has 150 valence electrons. The molecule has 3 aromatic rings. The lowest BCUT2D eigenvalue weighted by Crippen LogP contribution is -2.09. The number of alkyl halides is 3. The number of rotatable bonds is 5. The van der Waals surface area contributed by atoms with Crippen molar-refractivity contribution in [2.45, 2.75) is 19.7 Å². The molecule has 0 spiro atoms. The van der Waals surface area contributed by atoms with Crippen molar-refractivity contribution < 1.29 is 32.1 Å². The highest BCUT2D eigenvalue weighted by Gasteiger charge is 2.30. The van der Waals surface area contributed by atoms with Crippen LogP contribution in [0.25, 0.3) is 11.4 Å². The number of carbonyl (C=O) groups is 1. The summed E-state index contributed by atoms with van der Waals surface area (Å²) in [6.07, 6.45) is -4.46. The molecule has 29 heavy (non-hydrogen) atoms. The lowest BCUT2D eigenvalue weighted by atomic mass is 10.1. The van der Waals surface area contributed by atoms with Crippen LogP contribution in [0, 0.1) is 17.0 Å². The maximum absolute atomic E-state index is 12.6. The molecule has 0 fully saturated rings. The summed E-state index contributed by atoms with van der Waals surface area (Å²) in [7, 11) is 0. The minimum absolute atomic E-state index is 0.00584. The van der Waals surface area contributed by atoms with Crippen LogP contribution in [0.4, 0.5) is 18.9 Å². The van der Waals surface area contributed by atoms with Crippen LogP contribution < -0.4 is 0 Å². The minimum atomic E-state index is -4.46. The van der Waals surface area contributed by atoms with Gasteiger partial charge in [0.2, 0.25) is 5.82 Å². The number of nitro benzene ring substituents is 1. The third-order valence-corrected chi connectivity index (χ3v) is 3.91. The fourth-order valence-electron chi connectivity index (χ4n) is 2.51. The van der Waals surface area contributed by atoms with Crippen molar-refractivity contribution in [3.05, 3.63) is 75.2 Å². The molecule has 0 saturated heterocycles. The van der Waals surface area contributed by atoms with Crippen LogP contribution in [0.15, 0.2) is 47.0 Å². The van der Waals surface area contributed by atoms with Crippen LogP contribution >= 0.6 is 0 Å². The molecule has 3 rings (SSSR count). The van der Waals surface area contributed by atoms with E-state index < -0.39 is 29.2 Å². The first-order valence-corrected chi connectivity index (χ1v) is 8.08. The van der Waals surface area contributed by atoms with Crippen molar-refractivity contribution in [1.82, 2.24) is 10.1 Å². The summed E-state index contributed by atoms with van der Waals surface area (Å²) in [5.74, 6) is -1.07. The van der Waals surface area contributed by atoms with Gasteiger partial charge in [-0.25, -0.2) is 4.79 Å². The van der Waals surface area contributed by atoms with Crippen LogP contribution in [0.3, 0.4) is 0 Å². The van der Waals surface area contributed by atoms with Gasteiger partial charge in [-0.15, -0.1) is 0 Å². The molecule has 0 amide bonds. The molecular formula is C18H12F3N3O5. The molecule has 0 radical (unpaired) electrons. The number of aryl methyl sites for hydroxylation is 1. The highest BCUT2D eigenvalue weighted by Crippen LogP contribution is 2.30. The number of nitrogens with zero attached hydrogens (tertiary/aromatic N) is 3. The van der Waals surface area contributed by atoms with Gasteiger partial charge in [0.25, 0.3) is 11.6 Å². The van der Waals surface area contributed by atoms with Crippen molar-refractivity contribution in [3.63, 3.8) is 0 Å². The Kier molecular flexibility index (Phi) is 5.31. The lowest BCUT2D eigenvalue weighted by molar-refractivity contribution is -0.385. The quantitative estimate of drug-likeness (QED) is 0.352. The highest BCUT2D eigenvalue weighted by atomic mass is 19.4. The second-order valence-corrected chi connectivity index (χ2v) is 5.89. The molecule has 0 aliphatic heterocycles. The molecule has 1 heterocycles. The van der Waals surface area contributed by atoms with E-state index in [1.54, 1.807) is 0 Å². The van der Waals surface area contributed by atoms with Gasteiger partial charge in [-0.3, -0.25) is 10.1 Å². The van der Waals surface area contributed by atoms with Crippen molar-refractivity contribution in [1.29, 1.82) is 0 Å². The fourth-order valence-corrected chi connectivity index (χ4v) is 2.51. The average Bonchev–Trinajstić information content (AvgIpc) is 3.14. The van der Waals surface area contributed by atoms with Crippen molar-refractivity contribution in [3.8, 4) is 11.4 Å². The van der Waals surface area contributed by atoms with E-state index >= 15 is 0 Å². The SMILES string of the molecule is Cc1cccc(C(=O)OCc2nc(-c3ccc(C(F)(F)F)cc3)no2)c1[N+](=O)[O-]. The minimum Gasteiger partial charge on any atom is -0.452 e. The first-order chi connectivity index (χ1) is 13.7. The van der Waals surface area contributed by atoms with Crippen LogP contribution in [0.1, 0.15) is 27.4 Å². The molecule has 1 aromatic heterocycles. The van der Waals surface area contributed by atoms with Gasteiger partial charge < -0.3 is 9.26 Å². The van der Waals surface area contributed by atoms with E-state index in [4.69, 9.17) is 9.26 Å². The van der Waals surface area contributed by atoms with Gasteiger partial charge in [0.15, 0.2) is 6.61 Å². The monoisotopic (exact) mass is 407 g/mol. The fraction of sp³-hybridized carbons (Fsp3) is 0.167. The van der Waals surface area contributed by atoms with Gasteiger partial charge in [-0.1, -0.05) is 29.4 Å². The molecule has 11 heteroatoms. The lowest BCUT2D eigenvalue weighted by Gasteiger charge is -2.05. The maximum Gasteiger partial charge on any atom is 0.416 e. The van der Waals surface area contributed by atoms with Crippen molar-refractivity contribution >= 4 is 11.7 Å². The van der Waals surface area contributed by atoms with Crippen LogP contribution in [-0.4, -0.2) is 21.0 Å². The summed E-state index contributed by atoms with van der Waals surface area (Å²) in [6, 6.07) is 8.34. The number of esters is 1. The van der Waals surface area contributed by atoms with E-state index in [2.05, 4.69) is 10.1 Å². The third kappa shape index (κ3) is 4.39. The van der Waals surface area contributed by atoms with Crippen LogP contribution in [0.2, 0.25) is 0 Å². The summed E-state index contributed by atoms with van der Waals surface area (Å²) in [6.45, 7) is 1.03. The van der Waals surface area contributed by atoms with Gasteiger partial charge in [-0.2, -0.15) is 18.2 Å². The standard InChI is InChI=1S/C18H12F3N3O5/c1-10-3-2-4-13(15(10)24(26)27)17(25)28-9-14-22-16(23-29-14)11-5-7-12(8-6-11)18(19,20)21/h2-8H,9H2,1H3. The number of halogens is 3. The number of aromatic nitrogens is 2. The van der Waals surface area contributed by atoms with E-state index in [0.717, 1.165) is 12.1 Å². The second kappa shape index (κ2) is 7.70. The molecule has 0 N–H and O–H groups in total. The average molecular weight is 407 g/mol.